The molecule has 0 spiro atoms. The van der Waals surface area contributed by atoms with Crippen molar-refractivity contribution >= 4 is 11.8 Å². The van der Waals surface area contributed by atoms with Gasteiger partial charge >= 0.3 is 0 Å². The van der Waals surface area contributed by atoms with Crippen LogP contribution in [0.2, 0.25) is 0 Å². The molecule has 4 nitrogen and oxygen atoms in total. The van der Waals surface area contributed by atoms with E-state index in [-0.39, 0.29) is 12.6 Å². The standard InChI is InChI=1S/C15H23N3OS/c1-3-4-5-14(8-13(17)10-19)20-15-12(9-16)7-6-11(2)18-15/h6-7,13-14,19H,3-5,8,10,17H2,1-2H3/t13?,14-/m0/s1. The number of aliphatic hydroxyl groups excluding tert-OH is 1. The summed E-state index contributed by atoms with van der Waals surface area (Å²) in [5.41, 5.74) is 7.37. The molecule has 0 saturated carbocycles. The maximum absolute atomic E-state index is 9.16. The van der Waals surface area contributed by atoms with Crippen molar-refractivity contribution in [1.29, 1.82) is 5.26 Å². The highest BCUT2D eigenvalue weighted by atomic mass is 32.2. The summed E-state index contributed by atoms with van der Waals surface area (Å²) in [6, 6.07) is 5.64. The zero-order chi connectivity index (χ0) is 15.0. The van der Waals surface area contributed by atoms with E-state index in [1.165, 1.54) is 0 Å². The molecule has 1 aromatic heterocycles. The number of unbranched alkanes of at least 4 members (excludes halogenated alkanes) is 1. The third kappa shape index (κ3) is 5.49. The molecule has 110 valence electrons. The molecule has 0 amide bonds. The molecule has 0 aliphatic carbocycles. The fourth-order valence-electron chi connectivity index (χ4n) is 1.93. The number of thioether (sulfide) groups is 1. The van der Waals surface area contributed by atoms with E-state index in [1.54, 1.807) is 11.8 Å². The van der Waals surface area contributed by atoms with Gasteiger partial charge in [-0.25, -0.2) is 4.98 Å². The molecule has 3 N–H and O–H groups in total. The van der Waals surface area contributed by atoms with Gasteiger partial charge < -0.3 is 10.8 Å². The van der Waals surface area contributed by atoms with E-state index < -0.39 is 0 Å². The molecule has 0 fully saturated rings. The lowest BCUT2D eigenvalue weighted by Crippen LogP contribution is -2.28. The Bertz CT molecular complexity index is 459. The van der Waals surface area contributed by atoms with Gasteiger partial charge in [-0.3, -0.25) is 0 Å². The molecule has 2 atom stereocenters. The fraction of sp³-hybridized carbons (Fsp3) is 0.600. The second kappa shape index (κ2) is 8.96. The van der Waals surface area contributed by atoms with Crippen LogP contribution in [0.25, 0.3) is 0 Å². The van der Waals surface area contributed by atoms with Crippen LogP contribution in [0.1, 0.15) is 43.9 Å². The average Bonchev–Trinajstić information content (AvgIpc) is 2.44. The predicted molar refractivity (Wildman–Crippen MR) is 82.5 cm³/mol. The molecule has 0 saturated heterocycles. The topological polar surface area (TPSA) is 82.9 Å². The number of rotatable bonds is 8. The Morgan fingerprint density at radius 1 is 1.50 bits per heavy atom. The van der Waals surface area contributed by atoms with Gasteiger partial charge in [-0.2, -0.15) is 5.26 Å². The first kappa shape index (κ1) is 17.0. The van der Waals surface area contributed by atoms with Gasteiger partial charge in [0.25, 0.3) is 0 Å². The number of aryl methyl sites for hydroxylation is 1. The van der Waals surface area contributed by atoms with E-state index in [9.17, 15) is 0 Å². The van der Waals surface area contributed by atoms with Gasteiger partial charge in [0.2, 0.25) is 0 Å². The average molecular weight is 293 g/mol. The summed E-state index contributed by atoms with van der Waals surface area (Å²) in [6.07, 6.45) is 4.00. The van der Waals surface area contributed by atoms with Crippen molar-refractivity contribution in [3.63, 3.8) is 0 Å². The van der Waals surface area contributed by atoms with Crippen molar-refractivity contribution < 1.29 is 5.11 Å². The number of hydrogen-bond donors (Lipinski definition) is 2. The highest BCUT2D eigenvalue weighted by Crippen LogP contribution is 2.30. The van der Waals surface area contributed by atoms with Crippen LogP contribution >= 0.6 is 11.8 Å². The van der Waals surface area contributed by atoms with Gasteiger partial charge in [0.1, 0.15) is 11.1 Å². The van der Waals surface area contributed by atoms with Crippen molar-refractivity contribution in [2.45, 2.75) is 55.8 Å². The van der Waals surface area contributed by atoms with E-state index >= 15 is 0 Å². The van der Waals surface area contributed by atoms with E-state index in [0.717, 1.165) is 36.4 Å². The van der Waals surface area contributed by atoms with E-state index in [4.69, 9.17) is 16.1 Å². The lowest BCUT2D eigenvalue weighted by atomic mass is 10.1. The number of aromatic nitrogens is 1. The first-order valence-corrected chi connectivity index (χ1v) is 7.89. The Morgan fingerprint density at radius 3 is 2.85 bits per heavy atom. The van der Waals surface area contributed by atoms with Gasteiger partial charge in [0.15, 0.2) is 0 Å². The molecule has 1 heterocycles. The van der Waals surface area contributed by atoms with E-state index in [2.05, 4.69) is 18.0 Å². The van der Waals surface area contributed by atoms with Crippen LogP contribution in [0, 0.1) is 18.3 Å². The maximum Gasteiger partial charge on any atom is 0.114 e. The summed E-state index contributed by atoms with van der Waals surface area (Å²) in [6.45, 7) is 4.07. The minimum absolute atomic E-state index is 0.00443. The number of aliphatic hydroxyl groups is 1. The lowest BCUT2D eigenvalue weighted by Gasteiger charge is -2.19. The van der Waals surface area contributed by atoms with Gasteiger partial charge in [-0.1, -0.05) is 19.8 Å². The summed E-state index contributed by atoms with van der Waals surface area (Å²) >= 11 is 1.61. The highest BCUT2D eigenvalue weighted by molar-refractivity contribution is 7.99. The van der Waals surface area contributed by atoms with Crippen molar-refractivity contribution in [3.8, 4) is 6.07 Å². The normalized spacial score (nSPS) is 13.8. The van der Waals surface area contributed by atoms with Crippen LogP contribution in [-0.4, -0.2) is 28.0 Å². The molecule has 0 aliphatic rings. The molecule has 0 bridgehead atoms. The minimum atomic E-state index is -0.209. The molecule has 1 aromatic rings. The number of nitriles is 1. The SMILES string of the molecule is CCCC[C@@H](CC(N)CO)Sc1nc(C)ccc1C#N. The van der Waals surface area contributed by atoms with Crippen LogP contribution < -0.4 is 5.73 Å². The molecule has 0 radical (unpaired) electrons. The summed E-state index contributed by atoms with van der Waals surface area (Å²) in [5.74, 6) is 0. The zero-order valence-electron chi connectivity index (χ0n) is 12.2. The number of hydrogen-bond acceptors (Lipinski definition) is 5. The summed E-state index contributed by atoms with van der Waals surface area (Å²) in [5, 5.41) is 19.3. The number of pyridine rings is 1. The third-order valence-electron chi connectivity index (χ3n) is 3.08. The molecular weight excluding hydrogens is 270 g/mol. The Kier molecular flexibility index (Phi) is 7.60. The van der Waals surface area contributed by atoms with Gasteiger partial charge in [-0.15, -0.1) is 11.8 Å². The quantitative estimate of drug-likeness (QED) is 0.720. The molecule has 0 aromatic carbocycles. The smallest absolute Gasteiger partial charge is 0.114 e. The predicted octanol–water partition coefficient (Wildman–Crippen LogP) is 2.62. The number of nitrogens with two attached hydrogens (primary N) is 1. The van der Waals surface area contributed by atoms with Crippen molar-refractivity contribution in [2.24, 2.45) is 5.73 Å². The molecule has 1 rings (SSSR count). The zero-order valence-corrected chi connectivity index (χ0v) is 13.0. The lowest BCUT2D eigenvalue weighted by molar-refractivity contribution is 0.258. The number of nitrogens with zero attached hydrogens (tertiary/aromatic N) is 2. The monoisotopic (exact) mass is 293 g/mol. The Balaban J connectivity index is 2.82. The van der Waals surface area contributed by atoms with Crippen LogP contribution in [0.4, 0.5) is 0 Å². The first-order chi connectivity index (χ1) is 9.60. The molecule has 5 heteroatoms. The molecule has 20 heavy (non-hydrogen) atoms. The third-order valence-corrected chi connectivity index (χ3v) is 4.37. The van der Waals surface area contributed by atoms with Crippen molar-refractivity contribution in [2.75, 3.05) is 6.61 Å². The summed E-state index contributed by atoms with van der Waals surface area (Å²) < 4.78 is 0. The summed E-state index contributed by atoms with van der Waals surface area (Å²) in [7, 11) is 0. The molecular formula is C15H23N3OS. The molecule has 0 aliphatic heterocycles. The fourth-order valence-corrected chi connectivity index (χ4v) is 3.32. The first-order valence-electron chi connectivity index (χ1n) is 7.01. The Labute approximate surface area is 125 Å². The van der Waals surface area contributed by atoms with Crippen LogP contribution in [0.5, 0.6) is 0 Å². The van der Waals surface area contributed by atoms with Gasteiger partial charge in [0.05, 0.1) is 12.2 Å². The largest absolute Gasteiger partial charge is 0.395 e. The second-order valence-electron chi connectivity index (χ2n) is 4.98. The van der Waals surface area contributed by atoms with Crippen LogP contribution in [0.15, 0.2) is 17.2 Å². The Morgan fingerprint density at radius 2 is 2.25 bits per heavy atom. The van der Waals surface area contributed by atoms with E-state index in [0.29, 0.717) is 10.8 Å². The van der Waals surface area contributed by atoms with E-state index in [1.807, 2.05) is 19.1 Å². The van der Waals surface area contributed by atoms with Crippen LogP contribution in [0.3, 0.4) is 0 Å². The van der Waals surface area contributed by atoms with Gasteiger partial charge in [0, 0.05) is 17.0 Å². The highest BCUT2D eigenvalue weighted by Gasteiger charge is 2.17. The summed E-state index contributed by atoms with van der Waals surface area (Å²) in [4.78, 5) is 4.46. The Hall–Kier alpha value is -1.09. The molecule has 1 unspecified atom stereocenters. The maximum atomic E-state index is 9.16. The second-order valence-corrected chi connectivity index (χ2v) is 6.27. The van der Waals surface area contributed by atoms with Gasteiger partial charge in [-0.05, 0) is 31.9 Å². The van der Waals surface area contributed by atoms with Crippen molar-refractivity contribution in [3.05, 3.63) is 23.4 Å². The minimum Gasteiger partial charge on any atom is -0.395 e. The van der Waals surface area contributed by atoms with Crippen molar-refractivity contribution in [1.82, 2.24) is 4.98 Å². The van der Waals surface area contributed by atoms with Crippen LogP contribution in [-0.2, 0) is 0 Å².